The molecule has 3 rings (SSSR count). The van der Waals surface area contributed by atoms with E-state index in [1.54, 1.807) is 36.4 Å². The van der Waals surface area contributed by atoms with Crippen LogP contribution in [0, 0.1) is 5.82 Å². The Morgan fingerprint density at radius 3 is 2.72 bits per heavy atom. The SMILES string of the molecule is Nc1c(C(=O)c2cccc(OCCBr)c2)cnn1-c1ccc(F)cc1. The largest absolute Gasteiger partial charge is 0.493 e. The fourth-order valence-corrected chi connectivity index (χ4v) is 2.52. The highest BCUT2D eigenvalue weighted by Gasteiger charge is 2.18. The number of benzene rings is 2. The maximum Gasteiger partial charge on any atom is 0.198 e. The predicted molar refractivity (Wildman–Crippen MR) is 97.1 cm³/mol. The minimum atomic E-state index is -0.355. The van der Waals surface area contributed by atoms with E-state index >= 15 is 0 Å². The predicted octanol–water partition coefficient (Wildman–Crippen LogP) is 3.60. The van der Waals surface area contributed by atoms with Crippen LogP contribution in [0.25, 0.3) is 5.69 Å². The second-order valence-corrected chi connectivity index (χ2v) is 6.02. The summed E-state index contributed by atoms with van der Waals surface area (Å²) in [4.78, 5) is 12.7. The summed E-state index contributed by atoms with van der Waals surface area (Å²) in [6.45, 7) is 0.502. The number of ether oxygens (including phenoxy) is 1. The van der Waals surface area contributed by atoms with Crippen LogP contribution in [0.3, 0.4) is 0 Å². The molecule has 0 bridgehead atoms. The molecule has 0 spiro atoms. The molecule has 0 aliphatic heterocycles. The van der Waals surface area contributed by atoms with Crippen molar-refractivity contribution in [1.82, 2.24) is 9.78 Å². The molecule has 0 fully saturated rings. The van der Waals surface area contributed by atoms with Crippen LogP contribution in [0.1, 0.15) is 15.9 Å². The summed E-state index contributed by atoms with van der Waals surface area (Å²) in [6, 6.07) is 12.6. The third-order valence-electron chi connectivity index (χ3n) is 3.56. The molecule has 3 aromatic rings. The van der Waals surface area contributed by atoms with Crippen LogP contribution >= 0.6 is 15.9 Å². The van der Waals surface area contributed by atoms with Gasteiger partial charge in [-0.3, -0.25) is 4.79 Å². The Balaban J connectivity index is 1.89. The molecule has 2 aromatic carbocycles. The number of nitrogens with zero attached hydrogens (tertiary/aromatic N) is 2. The molecule has 1 heterocycles. The Morgan fingerprint density at radius 1 is 1.24 bits per heavy atom. The van der Waals surface area contributed by atoms with Gasteiger partial charge in [0, 0.05) is 10.9 Å². The van der Waals surface area contributed by atoms with Crippen LogP contribution in [-0.2, 0) is 0 Å². The van der Waals surface area contributed by atoms with E-state index in [9.17, 15) is 9.18 Å². The topological polar surface area (TPSA) is 70.1 Å². The van der Waals surface area contributed by atoms with Gasteiger partial charge in [0.05, 0.1) is 24.1 Å². The van der Waals surface area contributed by atoms with Gasteiger partial charge in [0.15, 0.2) is 5.78 Å². The monoisotopic (exact) mass is 403 g/mol. The van der Waals surface area contributed by atoms with Gasteiger partial charge >= 0.3 is 0 Å². The molecule has 5 nitrogen and oxygen atoms in total. The number of carbonyl (C=O) groups is 1. The lowest BCUT2D eigenvalue weighted by molar-refractivity contribution is 0.103. The number of ketones is 1. The standard InChI is InChI=1S/C18H15BrFN3O2/c19-8-9-25-15-3-1-2-12(10-15)17(24)16-11-22-23(18(16)21)14-6-4-13(20)5-7-14/h1-7,10-11H,8-9,21H2. The van der Waals surface area contributed by atoms with Crippen molar-refractivity contribution in [3.63, 3.8) is 0 Å². The van der Waals surface area contributed by atoms with E-state index in [0.29, 0.717) is 28.9 Å². The molecular weight excluding hydrogens is 389 g/mol. The van der Waals surface area contributed by atoms with Gasteiger partial charge in [0.1, 0.15) is 17.4 Å². The summed E-state index contributed by atoms with van der Waals surface area (Å²) in [7, 11) is 0. The number of carbonyl (C=O) groups excluding carboxylic acids is 1. The fourth-order valence-electron chi connectivity index (χ4n) is 2.36. The summed E-state index contributed by atoms with van der Waals surface area (Å²) in [5.74, 6) is 0.194. The molecule has 0 aliphatic rings. The average molecular weight is 404 g/mol. The number of rotatable bonds is 6. The van der Waals surface area contributed by atoms with Crippen molar-refractivity contribution >= 4 is 27.5 Å². The molecule has 1 aromatic heterocycles. The lowest BCUT2D eigenvalue weighted by Crippen LogP contribution is -2.07. The van der Waals surface area contributed by atoms with Gasteiger partial charge in [-0.15, -0.1) is 0 Å². The first kappa shape index (κ1) is 17.2. The van der Waals surface area contributed by atoms with Gasteiger partial charge in [-0.1, -0.05) is 28.1 Å². The van der Waals surface area contributed by atoms with Crippen LogP contribution in [0.5, 0.6) is 5.75 Å². The zero-order chi connectivity index (χ0) is 17.8. The van der Waals surface area contributed by atoms with Crippen molar-refractivity contribution in [2.45, 2.75) is 0 Å². The van der Waals surface area contributed by atoms with E-state index in [-0.39, 0.29) is 23.0 Å². The summed E-state index contributed by atoms with van der Waals surface area (Å²) in [5, 5.41) is 4.84. The highest BCUT2D eigenvalue weighted by atomic mass is 79.9. The summed E-state index contributed by atoms with van der Waals surface area (Å²) in [5.41, 5.74) is 7.39. The molecule has 0 saturated heterocycles. The first-order valence-corrected chi connectivity index (χ1v) is 8.65. The third-order valence-corrected chi connectivity index (χ3v) is 3.89. The van der Waals surface area contributed by atoms with E-state index in [4.69, 9.17) is 10.5 Å². The highest BCUT2D eigenvalue weighted by molar-refractivity contribution is 9.09. The van der Waals surface area contributed by atoms with Crippen LogP contribution in [0.15, 0.2) is 54.7 Å². The summed E-state index contributed by atoms with van der Waals surface area (Å²) >= 11 is 3.29. The van der Waals surface area contributed by atoms with Crippen molar-refractivity contribution in [3.8, 4) is 11.4 Å². The molecular formula is C18H15BrFN3O2. The zero-order valence-electron chi connectivity index (χ0n) is 13.2. The highest BCUT2D eigenvalue weighted by Crippen LogP contribution is 2.22. The van der Waals surface area contributed by atoms with Crippen molar-refractivity contribution in [3.05, 3.63) is 71.7 Å². The van der Waals surface area contributed by atoms with Gasteiger partial charge in [0.2, 0.25) is 0 Å². The Bertz CT molecular complexity index is 894. The lowest BCUT2D eigenvalue weighted by atomic mass is 10.1. The van der Waals surface area contributed by atoms with Gasteiger partial charge < -0.3 is 10.5 Å². The minimum absolute atomic E-state index is 0.198. The van der Waals surface area contributed by atoms with Crippen LogP contribution in [0.4, 0.5) is 10.2 Å². The first-order chi connectivity index (χ1) is 12.1. The van der Waals surface area contributed by atoms with E-state index < -0.39 is 0 Å². The third kappa shape index (κ3) is 3.71. The molecule has 128 valence electrons. The Kier molecular flexibility index (Phi) is 5.14. The number of hydrogen-bond acceptors (Lipinski definition) is 4. The molecule has 0 saturated carbocycles. The smallest absolute Gasteiger partial charge is 0.198 e. The lowest BCUT2D eigenvalue weighted by Gasteiger charge is -2.07. The quantitative estimate of drug-likeness (QED) is 0.504. The average Bonchev–Trinajstić information content (AvgIpc) is 3.01. The molecule has 0 amide bonds. The number of hydrogen-bond donors (Lipinski definition) is 1. The first-order valence-electron chi connectivity index (χ1n) is 7.53. The second-order valence-electron chi connectivity index (χ2n) is 5.23. The van der Waals surface area contributed by atoms with Gasteiger partial charge in [-0.2, -0.15) is 5.10 Å². The molecule has 0 aliphatic carbocycles. The van der Waals surface area contributed by atoms with Crippen LogP contribution in [-0.4, -0.2) is 27.5 Å². The molecule has 0 radical (unpaired) electrons. The van der Waals surface area contributed by atoms with Crippen LogP contribution in [0.2, 0.25) is 0 Å². The number of alkyl halides is 1. The van der Waals surface area contributed by atoms with Crippen molar-refractivity contribution in [2.24, 2.45) is 0 Å². The normalized spacial score (nSPS) is 10.6. The van der Waals surface area contributed by atoms with Crippen molar-refractivity contribution in [1.29, 1.82) is 0 Å². The van der Waals surface area contributed by atoms with E-state index in [1.807, 2.05) is 0 Å². The van der Waals surface area contributed by atoms with E-state index in [2.05, 4.69) is 21.0 Å². The van der Waals surface area contributed by atoms with Crippen LogP contribution < -0.4 is 10.5 Å². The fraction of sp³-hybridized carbons (Fsp3) is 0.111. The molecule has 7 heteroatoms. The molecule has 0 unspecified atom stereocenters. The number of nitrogen functional groups attached to an aromatic ring is 1. The Labute approximate surface area is 152 Å². The Hall–Kier alpha value is -2.67. The van der Waals surface area contributed by atoms with Crippen molar-refractivity contribution < 1.29 is 13.9 Å². The summed E-state index contributed by atoms with van der Waals surface area (Å²) < 4.78 is 20.0. The van der Waals surface area contributed by atoms with Gasteiger partial charge in [-0.25, -0.2) is 9.07 Å². The molecule has 0 atom stereocenters. The minimum Gasteiger partial charge on any atom is -0.493 e. The number of nitrogens with two attached hydrogens (primary N) is 1. The van der Waals surface area contributed by atoms with E-state index in [1.165, 1.54) is 23.0 Å². The summed E-state index contributed by atoms with van der Waals surface area (Å²) in [6.07, 6.45) is 1.41. The Morgan fingerprint density at radius 2 is 2.00 bits per heavy atom. The maximum absolute atomic E-state index is 13.1. The van der Waals surface area contributed by atoms with Gasteiger partial charge in [0.25, 0.3) is 0 Å². The van der Waals surface area contributed by atoms with E-state index in [0.717, 1.165) is 0 Å². The second kappa shape index (κ2) is 7.48. The zero-order valence-corrected chi connectivity index (χ0v) is 14.7. The number of anilines is 1. The number of aromatic nitrogens is 2. The van der Waals surface area contributed by atoms with Crippen molar-refractivity contribution in [2.75, 3.05) is 17.7 Å². The maximum atomic E-state index is 13.1. The molecule has 2 N–H and O–H groups in total. The van der Waals surface area contributed by atoms with Gasteiger partial charge in [-0.05, 0) is 36.4 Å². The molecule has 25 heavy (non-hydrogen) atoms. The number of halogens is 2.